The van der Waals surface area contributed by atoms with Gasteiger partial charge < -0.3 is 14.4 Å². The van der Waals surface area contributed by atoms with Gasteiger partial charge in [0, 0.05) is 26.8 Å². The Morgan fingerprint density at radius 3 is 2.20 bits per heavy atom. The lowest BCUT2D eigenvalue weighted by Crippen LogP contribution is -2.37. The van der Waals surface area contributed by atoms with E-state index in [0.29, 0.717) is 5.75 Å². The summed E-state index contributed by atoms with van der Waals surface area (Å²) in [4.78, 5) is 26.8. The summed E-state index contributed by atoms with van der Waals surface area (Å²) in [7, 11) is 5.11. The molecule has 0 heterocycles. The minimum absolute atomic E-state index is 0.167. The fourth-order valence-electron chi connectivity index (χ4n) is 2.13. The lowest BCUT2D eigenvalue weighted by atomic mass is 10.2. The van der Waals surface area contributed by atoms with Gasteiger partial charge in [0.25, 0.3) is 0 Å². The zero-order chi connectivity index (χ0) is 18.6. The van der Waals surface area contributed by atoms with E-state index < -0.39 is 12.2 Å². The van der Waals surface area contributed by atoms with Gasteiger partial charge in [0.2, 0.25) is 0 Å². The highest BCUT2D eigenvalue weighted by molar-refractivity contribution is 6.32. The Morgan fingerprint density at radius 1 is 0.960 bits per heavy atom. The summed E-state index contributed by atoms with van der Waals surface area (Å²) in [6.07, 6.45) is -1.74. The number of rotatable bonds is 3. The van der Waals surface area contributed by atoms with Gasteiger partial charge in [-0.2, -0.15) is 0 Å². The molecule has 0 fully saturated rings. The second-order valence-corrected chi connectivity index (χ2v) is 5.98. The number of amides is 2. The maximum absolute atomic E-state index is 12.1. The molecule has 6 nitrogen and oxygen atoms in total. The molecule has 2 aromatic carbocycles. The second kappa shape index (κ2) is 7.90. The highest BCUT2D eigenvalue weighted by Gasteiger charge is 2.22. The number of imide groups is 1. The molecule has 0 saturated heterocycles. The van der Waals surface area contributed by atoms with E-state index in [1.807, 2.05) is 32.0 Å². The Hall–Kier alpha value is -2.73. The fourth-order valence-corrected chi connectivity index (χ4v) is 2.30. The van der Waals surface area contributed by atoms with Crippen molar-refractivity contribution in [1.29, 1.82) is 0 Å². The highest BCUT2D eigenvalue weighted by Crippen LogP contribution is 2.25. The second-order valence-electron chi connectivity index (χ2n) is 5.57. The van der Waals surface area contributed by atoms with Gasteiger partial charge in [-0.05, 0) is 42.8 Å². The Morgan fingerprint density at radius 2 is 1.60 bits per heavy atom. The number of halogens is 1. The summed E-state index contributed by atoms with van der Waals surface area (Å²) < 4.78 is 10.3. The van der Waals surface area contributed by atoms with Gasteiger partial charge in [0.1, 0.15) is 5.75 Å². The lowest BCUT2D eigenvalue weighted by Gasteiger charge is -2.18. The van der Waals surface area contributed by atoms with E-state index in [2.05, 4.69) is 0 Å². The van der Waals surface area contributed by atoms with E-state index in [0.717, 1.165) is 16.2 Å². The number of ether oxygens (including phenoxy) is 2. The Kier molecular flexibility index (Phi) is 5.88. The molecule has 0 aliphatic rings. The molecule has 0 N–H and O–H groups in total. The molecule has 2 rings (SSSR count). The number of nitrogens with zero attached hydrogens (tertiary/aromatic N) is 2. The average Bonchev–Trinajstić information content (AvgIpc) is 2.55. The monoisotopic (exact) mass is 362 g/mol. The van der Waals surface area contributed by atoms with Crippen molar-refractivity contribution in [2.24, 2.45) is 0 Å². The first-order valence-corrected chi connectivity index (χ1v) is 7.87. The van der Waals surface area contributed by atoms with Crippen molar-refractivity contribution >= 4 is 29.5 Å². The van der Waals surface area contributed by atoms with Crippen molar-refractivity contribution < 1.29 is 19.1 Å². The van der Waals surface area contributed by atoms with Gasteiger partial charge in [-0.3, -0.25) is 0 Å². The molecule has 0 radical (unpaired) electrons. The molecule has 0 atom stereocenters. The standard InChI is InChI=1S/C18H19ClN2O4/c1-12-11-13(9-10-15(12)20(2)3)24-17(22)21(4)18(23)25-16-8-6-5-7-14(16)19/h5-11H,1-4H3. The molecule has 0 bridgehead atoms. The molecular weight excluding hydrogens is 344 g/mol. The average molecular weight is 363 g/mol. The molecule has 2 aromatic rings. The van der Waals surface area contributed by atoms with Crippen molar-refractivity contribution in [2.75, 3.05) is 26.0 Å². The Bertz CT molecular complexity index is 792. The zero-order valence-corrected chi connectivity index (χ0v) is 15.2. The van der Waals surface area contributed by atoms with Crippen LogP contribution in [0.3, 0.4) is 0 Å². The maximum Gasteiger partial charge on any atom is 0.424 e. The summed E-state index contributed by atoms with van der Waals surface area (Å²) in [5.74, 6) is 0.505. The van der Waals surface area contributed by atoms with Gasteiger partial charge in [0.05, 0.1) is 5.02 Å². The smallest absolute Gasteiger partial charge is 0.410 e. The van der Waals surface area contributed by atoms with Crippen LogP contribution in [-0.4, -0.2) is 38.2 Å². The number of para-hydroxylation sites is 1. The third-order valence-corrected chi connectivity index (χ3v) is 3.75. The van der Waals surface area contributed by atoms with E-state index in [9.17, 15) is 9.59 Å². The number of hydrogen-bond donors (Lipinski definition) is 0. The number of hydrogen-bond acceptors (Lipinski definition) is 5. The van der Waals surface area contributed by atoms with Crippen LogP contribution in [-0.2, 0) is 0 Å². The molecule has 0 unspecified atom stereocenters. The molecule has 0 aromatic heterocycles. The van der Waals surface area contributed by atoms with E-state index in [4.69, 9.17) is 21.1 Å². The molecule has 25 heavy (non-hydrogen) atoms. The molecular formula is C18H19ClN2O4. The first-order chi connectivity index (χ1) is 11.8. The van der Waals surface area contributed by atoms with Crippen LogP contribution >= 0.6 is 11.6 Å². The van der Waals surface area contributed by atoms with Gasteiger partial charge >= 0.3 is 12.2 Å². The van der Waals surface area contributed by atoms with Gasteiger partial charge in [-0.25, -0.2) is 14.5 Å². The van der Waals surface area contributed by atoms with Gasteiger partial charge in [-0.1, -0.05) is 23.7 Å². The van der Waals surface area contributed by atoms with E-state index in [-0.39, 0.29) is 10.8 Å². The molecule has 0 aliphatic carbocycles. The molecule has 2 amide bonds. The molecule has 0 saturated carbocycles. The van der Waals surface area contributed by atoms with Crippen LogP contribution in [0.2, 0.25) is 5.02 Å². The summed E-state index contributed by atoms with van der Waals surface area (Å²) in [6.45, 7) is 1.90. The zero-order valence-electron chi connectivity index (χ0n) is 14.4. The Labute approximate surface area is 151 Å². The van der Waals surface area contributed by atoms with Crippen LogP contribution in [0, 0.1) is 6.92 Å². The topological polar surface area (TPSA) is 59.1 Å². The third-order valence-electron chi connectivity index (χ3n) is 3.44. The number of aryl methyl sites for hydroxylation is 1. The first-order valence-electron chi connectivity index (χ1n) is 7.49. The van der Waals surface area contributed by atoms with Crippen LogP contribution in [0.1, 0.15) is 5.56 Å². The van der Waals surface area contributed by atoms with Gasteiger partial charge in [0.15, 0.2) is 5.75 Å². The van der Waals surface area contributed by atoms with Crippen molar-refractivity contribution in [2.45, 2.75) is 6.92 Å². The molecule has 7 heteroatoms. The number of benzene rings is 2. The van der Waals surface area contributed by atoms with Crippen LogP contribution in [0.15, 0.2) is 42.5 Å². The maximum atomic E-state index is 12.1. The quantitative estimate of drug-likeness (QED) is 0.812. The van der Waals surface area contributed by atoms with Crippen molar-refractivity contribution in [1.82, 2.24) is 4.90 Å². The summed E-state index contributed by atoms with van der Waals surface area (Å²) in [5, 5.41) is 0.271. The van der Waals surface area contributed by atoms with Crippen LogP contribution < -0.4 is 14.4 Å². The number of carbonyl (C=O) groups is 2. The SMILES string of the molecule is Cc1cc(OC(=O)N(C)C(=O)Oc2ccccc2Cl)ccc1N(C)C. The van der Waals surface area contributed by atoms with Crippen molar-refractivity contribution in [3.63, 3.8) is 0 Å². The highest BCUT2D eigenvalue weighted by atomic mass is 35.5. The van der Waals surface area contributed by atoms with Crippen LogP contribution in [0.4, 0.5) is 15.3 Å². The predicted molar refractivity (Wildman–Crippen MR) is 96.8 cm³/mol. The normalized spacial score (nSPS) is 10.1. The molecule has 0 aliphatic heterocycles. The molecule has 0 spiro atoms. The van der Waals surface area contributed by atoms with Crippen LogP contribution in [0.5, 0.6) is 11.5 Å². The largest absolute Gasteiger partial charge is 0.424 e. The van der Waals surface area contributed by atoms with Gasteiger partial charge in [-0.15, -0.1) is 0 Å². The summed E-state index contributed by atoms with van der Waals surface area (Å²) in [5.41, 5.74) is 1.95. The number of anilines is 1. The number of carbonyl (C=O) groups excluding carboxylic acids is 2. The van der Waals surface area contributed by atoms with Crippen molar-refractivity contribution in [3.8, 4) is 11.5 Å². The first kappa shape index (κ1) is 18.6. The fraction of sp³-hybridized carbons (Fsp3) is 0.222. The third kappa shape index (κ3) is 4.64. The van der Waals surface area contributed by atoms with Crippen LogP contribution in [0.25, 0.3) is 0 Å². The summed E-state index contributed by atoms with van der Waals surface area (Å²) >= 11 is 5.92. The predicted octanol–water partition coefficient (Wildman–Crippen LogP) is 4.34. The van der Waals surface area contributed by atoms with E-state index >= 15 is 0 Å². The van der Waals surface area contributed by atoms with Crippen molar-refractivity contribution in [3.05, 3.63) is 53.1 Å². The minimum atomic E-state index is -0.889. The Balaban J connectivity index is 2.03. The molecule has 132 valence electrons. The minimum Gasteiger partial charge on any atom is -0.410 e. The van der Waals surface area contributed by atoms with E-state index in [1.165, 1.54) is 13.1 Å². The summed E-state index contributed by atoms with van der Waals surface area (Å²) in [6, 6.07) is 11.7. The van der Waals surface area contributed by atoms with E-state index in [1.54, 1.807) is 30.3 Å². The lowest BCUT2D eigenvalue weighted by molar-refractivity contribution is 0.140.